The number of aliphatic hydroxyl groups excluding tert-OH is 2. The molecule has 0 radical (unpaired) electrons. The minimum Gasteiger partial charge on any atom is -0.396 e. The molecular weight excluding hydrogens is 809 g/mol. The second-order valence-corrected chi connectivity index (χ2v) is 18.4. The van der Waals surface area contributed by atoms with Crippen molar-refractivity contribution in [2.45, 2.75) is 89.9 Å². The maximum Gasteiger partial charge on any atom is 0.258 e. The average Bonchev–Trinajstić information content (AvgIpc) is 4.19. The lowest BCUT2D eigenvalue weighted by Crippen LogP contribution is -2.48. The second-order valence-electron chi connectivity index (χ2n) is 18.4. The van der Waals surface area contributed by atoms with Gasteiger partial charge in [-0.2, -0.15) is 0 Å². The number of carbonyl (C=O) groups is 2. The highest BCUT2D eigenvalue weighted by molar-refractivity contribution is 5.83. The molecule has 2 saturated carbocycles. The summed E-state index contributed by atoms with van der Waals surface area (Å²) in [6, 6.07) is 18.3. The van der Waals surface area contributed by atoms with Gasteiger partial charge in [0, 0.05) is 98.0 Å². The van der Waals surface area contributed by atoms with Crippen LogP contribution in [0.4, 0.5) is 0 Å². The van der Waals surface area contributed by atoms with Gasteiger partial charge >= 0.3 is 0 Å². The Kier molecular flexibility index (Phi) is 12.9. The molecule has 2 saturated heterocycles. The van der Waals surface area contributed by atoms with Crippen LogP contribution >= 0.6 is 0 Å². The third-order valence-electron chi connectivity index (χ3n) is 14.3. The van der Waals surface area contributed by atoms with Gasteiger partial charge in [-0.3, -0.25) is 38.9 Å². The molecule has 10 rings (SSSR count). The molecule has 2 aliphatic carbocycles. The number of likely N-dealkylation sites (tertiary alicyclic amines) is 2. The van der Waals surface area contributed by atoms with Crippen LogP contribution in [-0.4, -0.2) is 89.3 Å². The number of nitrogens with one attached hydrogen (secondary N) is 2. The van der Waals surface area contributed by atoms with Crippen molar-refractivity contribution in [3.63, 3.8) is 0 Å². The van der Waals surface area contributed by atoms with E-state index in [2.05, 4.69) is 30.4 Å². The molecule has 4 aliphatic heterocycles. The molecule has 14 heteroatoms. The van der Waals surface area contributed by atoms with Crippen LogP contribution in [0.3, 0.4) is 0 Å². The van der Waals surface area contributed by atoms with Gasteiger partial charge in [-0.15, -0.1) is 0 Å². The first-order chi connectivity index (χ1) is 31.2. The van der Waals surface area contributed by atoms with E-state index in [0.717, 1.165) is 35.9 Å². The zero-order chi connectivity index (χ0) is 44.5. The lowest BCUT2D eigenvalue weighted by molar-refractivity contribution is -0.128. The van der Waals surface area contributed by atoms with E-state index < -0.39 is 12.1 Å². The molecule has 2 amide bonds. The number of aliphatic hydroxyl groups is 2. The number of fused-ring (bicyclic) bond motifs is 6. The van der Waals surface area contributed by atoms with Crippen molar-refractivity contribution in [2.24, 2.45) is 35.5 Å². The number of hydrogen-bond donors (Lipinski definition) is 4. The van der Waals surface area contributed by atoms with Crippen LogP contribution in [0.1, 0.15) is 85.5 Å². The van der Waals surface area contributed by atoms with Gasteiger partial charge in [0.15, 0.2) is 0 Å². The second kappa shape index (κ2) is 18.9. The number of pyridine rings is 4. The predicted octanol–water partition coefficient (Wildman–Crippen LogP) is 3.93. The molecule has 4 aromatic heterocycles. The van der Waals surface area contributed by atoms with E-state index in [9.17, 15) is 29.4 Å². The lowest BCUT2D eigenvalue weighted by Gasteiger charge is -2.30. The van der Waals surface area contributed by atoms with Crippen molar-refractivity contribution in [1.82, 2.24) is 39.5 Å². The Labute approximate surface area is 373 Å². The molecule has 0 unspecified atom stereocenters. The van der Waals surface area contributed by atoms with E-state index >= 15 is 0 Å². The zero-order valence-corrected chi connectivity index (χ0v) is 36.7. The maximum absolute atomic E-state index is 13.4. The Morgan fingerprint density at radius 1 is 0.641 bits per heavy atom. The zero-order valence-electron chi connectivity index (χ0n) is 36.7. The minimum absolute atomic E-state index is 0.00853. The Morgan fingerprint density at radius 3 is 1.41 bits per heavy atom. The van der Waals surface area contributed by atoms with Crippen LogP contribution in [0, 0.1) is 35.5 Å². The molecule has 6 aliphatic rings. The molecule has 336 valence electrons. The first-order valence-corrected chi connectivity index (χ1v) is 23.1. The Morgan fingerprint density at radius 2 is 1.06 bits per heavy atom. The SMILES string of the molecule is C/C=C/c1ccc2n(c1=O)C[C@H]1[C@H](CO)[C@@H](C(=O)NCc3ccccn3)N(CC3CC3)[C@@H]21.C/C=C\c1ccc2n(c1=O)C[C@H]1[C@H](CO)[C@@H](C(=O)NCc3ccccn3)N(CC3CC3)[C@@H]21. The molecule has 8 atom stereocenters. The van der Waals surface area contributed by atoms with Crippen molar-refractivity contribution >= 4 is 24.0 Å². The van der Waals surface area contributed by atoms with Crippen molar-refractivity contribution in [2.75, 3.05) is 26.3 Å². The van der Waals surface area contributed by atoms with Crippen molar-refractivity contribution in [3.05, 3.63) is 140 Å². The van der Waals surface area contributed by atoms with E-state index in [1.165, 1.54) is 25.7 Å². The monoisotopic (exact) mass is 868 g/mol. The predicted molar refractivity (Wildman–Crippen MR) is 243 cm³/mol. The number of amides is 2. The highest BCUT2D eigenvalue weighted by atomic mass is 16.3. The van der Waals surface area contributed by atoms with Gasteiger partial charge in [-0.25, -0.2) is 0 Å². The smallest absolute Gasteiger partial charge is 0.258 e. The number of rotatable bonds is 14. The van der Waals surface area contributed by atoms with Crippen molar-refractivity contribution in [3.8, 4) is 0 Å². The average molecular weight is 869 g/mol. The summed E-state index contributed by atoms with van der Waals surface area (Å²) < 4.78 is 3.71. The molecule has 4 aromatic rings. The quantitative estimate of drug-likeness (QED) is 0.146. The van der Waals surface area contributed by atoms with E-state index in [4.69, 9.17) is 0 Å². The summed E-state index contributed by atoms with van der Waals surface area (Å²) in [6.45, 7) is 7.12. The van der Waals surface area contributed by atoms with Crippen LogP contribution in [-0.2, 0) is 35.8 Å². The summed E-state index contributed by atoms with van der Waals surface area (Å²) in [7, 11) is 0. The number of carbonyl (C=O) groups excluding carboxylic acids is 2. The molecule has 4 N–H and O–H groups in total. The Balaban J connectivity index is 0.000000162. The fourth-order valence-corrected chi connectivity index (χ4v) is 11.0. The third kappa shape index (κ3) is 8.56. The fraction of sp³-hybridized carbons (Fsp3) is 0.480. The Bertz CT molecular complexity index is 2330. The molecule has 64 heavy (non-hydrogen) atoms. The molecule has 14 nitrogen and oxygen atoms in total. The van der Waals surface area contributed by atoms with Gasteiger partial charge in [0.25, 0.3) is 11.1 Å². The van der Waals surface area contributed by atoms with Gasteiger partial charge in [-0.05, 0) is 99.9 Å². The summed E-state index contributed by atoms with van der Waals surface area (Å²) in [4.78, 5) is 66.0. The number of allylic oxidation sites excluding steroid dienone is 2. The molecular formula is C50H60N8O6. The van der Waals surface area contributed by atoms with E-state index in [1.807, 2.05) is 108 Å². The van der Waals surface area contributed by atoms with Crippen LogP contribution in [0.15, 0.2) is 94.8 Å². The molecule has 8 heterocycles. The largest absolute Gasteiger partial charge is 0.396 e. The van der Waals surface area contributed by atoms with Gasteiger partial charge in [0.2, 0.25) is 11.8 Å². The minimum atomic E-state index is -0.404. The molecule has 0 spiro atoms. The summed E-state index contributed by atoms with van der Waals surface area (Å²) in [5.41, 5.74) is 4.91. The molecule has 4 fully saturated rings. The topological polar surface area (TPSA) is 175 Å². The maximum atomic E-state index is 13.4. The van der Waals surface area contributed by atoms with E-state index in [0.29, 0.717) is 49.1 Å². The van der Waals surface area contributed by atoms with Gasteiger partial charge in [0.05, 0.1) is 48.6 Å². The van der Waals surface area contributed by atoms with Crippen molar-refractivity contribution < 1.29 is 19.8 Å². The van der Waals surface area contributed by atoms with Crippen LogP contribution in [0.2, 0.25) is 0 Å². The standard InChI is InChI=1S/2C25H30N4O3/c2*1-2-5-17-9-10-21-22-19(14-28(21)25(17)32)20(15-30)23(29(22)13-16-7-8-16)24(31)27-12-18-6-3-4-11-26-18/h2*2-6,9-11,16,19-20,22-23,30H,7-8,12-15H2,1H3,(H,27,31)/b5-2+;5-2-/t2*19-,20-,22+,23-/m00/s1. The van der Waals surface area contributed by atoms with Crippen LogP contribution in [0.5, 0.6) is 0 Å². The third-order valence-corrected chi connectivity index (χ3v) is 14.3. The summed E-state index contributed by atoms with van der Waals surface area (Å²) in [6.07, 6.45) is 15.5. The van der Waals surface area contributed by atoms with Crippen LogP contribution < -0.4 is 21.8 Å². The summed E-state index contributed by atoms with van der Waals surface area (Å²) in [5, 5.41) is 26.8. The molecule has 0 bridgehead atoms. The summed E-state index contributed by atoms with van der Waals surface area (Å²) in [5.74, 6) is 0.688. The van der Waals surface area contributed by atoms with Gasteiger partial charge in [-0.1, -0.05) is 36.4 Å². The van der Waals surface area contributed by atoms with Gasteiger partial charge < -0.3 is 30.0 Å². The number of aromatic nitrogens is 4. The first-order valence-electron chi connectivity index (χ1n) is 23.1. The normalized spacial score (nSPS) is 26.9. The van der Waals surface area contributed by atoms with E-state index in [1.54, 1.807) is 12.4 Å². The van der Waals surface area contributed by atoms with Gasteiger partial charge in [0.1, 0.15) is 0 Å². The fourth-order valence-electron chi connectivity index (χ4n) is 11.0. The Hall–Kier alpha value is -5.54. The van der Waals surface area contributed by atoms with Crippen molar-refractivity contribution in [1.29, 1.82) is 0 Å². The number of hydrogen-bond acceptors (Lipinski definition) is 10. The first kappa shape index (κ1) is 43.7. The highest BCUT2D eigenvalue weighted by Gasteiger charge is 2.57. The highest BCUT2D eigenvalue weighted by Crippen LogP contribution is 2.52. The van der Waals surface area contributed by atoms with Crippen LogP contribution in [0.25, 0.3) is 12.2 Å². The van der Waals surface area contributed by atoms with E-state index in [-0.39, 0.29) is 71.9 Å². The number of nitrogens with zero attached hydrogens (tertiary/aromatic N) is 6. The summed E-state index contributed by atoms with van der Waals surface area (Å²) >= 11 is 0. The molecule has 0 aromatic carbocycles. The lowest BCUT2D eigenvalue weighted by atomic mass is 9.88.